The Morgan fingerprint density at radius 1 is 1.18 bits per heavy atom. The fourth-order valence-electron chi connectivity index (χ4n) is 1.37. The summed E-state index contributed by atoms with van der Waals surface area (Å²) in [6, 6.07) is 11.9. The molecule has 17 heavy (non-hydrogen) atoms. The molecule has 2 N–H and O–H groups in total. The largest absolute Gasteiger partial charge is 0.497 e. The molecular weight excluding hydrogens is 232 g/mol. The van der Waals surface area contributed by atoms with Crippen LogP contribution in [0.5, 0.6) is 5.75 Å². The SMILES string of the molecule is COc1ccc(CSc2ccc(N)nc2)cc1. The molecule has 1 aromatic carbocycles. The Morgan fingerprint density at radius 2 is 1.94 bits per heavy atom. The van der Waals surface area contributed by atoms with Crippen LogP contribution in [0, 0.1) is 0 Å². The standard InChI is InChI=1S/C13H14N2OS/c1-16-11-4-2-10(3-5-11)9-17-12-6-7-13(14)15-8-12/h2-8H,9H2,1H3,(H2,14,15). The highest BCUT2D eigenvalue weighted by molar-refractivity contribution is 7.98. The van der Waals surface area contributed by atoms with Crippen LogP contribution in [0.1, 0.15) is 5.56 Å². The summed E-state index contributed by atoms with van der Waals surface area (Å²) in [5.41, 5.74) is 6.79. The van der Waals surface area contributed by atoms with Crippen LogP contribution < -0.4 is 10.5 Å². The second kappa shape index (κ2) is 5.59. The second-order valence-electron chi connectivity index (χ2n) is 3.56. The van der Waals surface area contributed by atoms with Gasteiger partial charge in [0.05, 0.1) is 7.11 Å². The van der Waals surface area contributed by atoms with Gasteiger partial charge in [-0.25, -0.2) is 4.98 Å². The number of hydrogen-bond donors (Lipinski definition) is 1. The normalized spacial score (nSPS) is 10.2. The number of benzene rings is 1. The fraction of sp³-hybridized carbons (Fsp3) is 0.154. The van der Waals surface area contributed by atoms with Gasteiger partial charge in [-0.3, -0.25) is 0 Å². The van der Waals surface area contributed by atoms with Crippen LogP contribution in [0.4, 0.5) is 5.82 Å². The monoisotopic (exact) mass is 246 g/mol. The van der Waals surface area contributed by atoms with E-state index >= 15 is 0 Å². The molecule has 0 amide bonds. The topological polar surface area (TPSA) is 48.1 Å². The van der Waals surface area contributed by atoms with E-state index in [1.54, 1.807) is 25.1 Å². The van der Waals surface area contributed by atoms with Crippen molar-refractivity contribution in [1.82, 2.24) is 4.98 Å². The van der Waals surface area contributed by atoms with Crippen molar-refractivity contribution in [1.29, 1.82) is 0 Å². The maximum atomic E-state index is 5.53. The van der Waals surface area contributed by atoms with Gasteiger partial charge in [-0.15, -0.1) is 11.8 Å². The van der Waals surface area contributed by atoms with E-state index < -0.39 is 0 Å². The third-order valence-corrected chi connectivity index (χ3v) is 3.38. The Bertz CT molecular complexity index is 468. The summed E-state index contributed by atoms with van der Waals surface area (Å²) in [6.07, 6.45) is 1.80. The number of nitrogens with two attached hydrogens (primary N) is 1. The summed E-state index contributed by atoms with van der Waals surface area (Å²) >= 11 is 1.74. The fourth-order valence-corrected chi connectivity index (χ4v) is 2.18. The van der Waals surface area contributed by atoms with Gasteiger partial charge >= 0.3 is 0 Å². The molecule has 2 aromatic rings. The molecule has 0 aliphatic carbocycles. The summed E-state index contributed by atoms with van der Waals surface area (Å²) in [5.74, 6) is 2.35. The molecule has 88 valence electrons. The number of rotatable bonds is 4. The number of nitrogen functional groups attached to an aromatic ring is 1. The number of nitrogens with zero attached hydrogens (tertiary/aromatic N) is 1. The molecule has 1 heterocycles. The van der Waals surface area contributed by atoms with Crippen LogP contribution in [0.2, 0.25) is 0 Å². The van der Waals surface area contributed by atoms with Crippen molar-refractivity contribution in [3.63, 3.8) is 0 Å². The molecule has 0 atom stereocenters. The summed E-state index contributed by atoms with van der Waals surface area (Å²) in [5, 5.41) is 0. The zero-order valence-electron chi connectivity index (χ0n) is 9.59. The number of anilines is 1. The van der Waals surface area contributed by atoms with Crippen molar-refractivity contribution in [2.24, 2.45) is 0 Å². The number of aromatic nitrogens is 1. The van der Waals surface area contributed by atoms with Gasteiger partial charge in [0.2, 0.25) is 0 Å². The van der Waals surface area contributed by atoms with Crippen LogP contribution >= 0.6 is 11.8 Å². The van der Waals surface area contributed by atoms with Crippen molar-refractivity contribution >= 4 is 17.6 Å². The Hall–Kier alpha value is -1.68. The predicted molar refractivity (Wildman–Crippen MR) is 71.2 cm³/mol. The quantitative estimate of drug-likeness (QED) is 0.843. The third-order valence-electron chi connectivity index (χ3n) is 2.32. The minimum atomic E-state index is 0.554. The van der Waals surface area contributed by atoms with Crippen LogP contribution in [0.25, 0.3) is 0 Å². The smallest absolute Gasteiger partial charge is 0.123 e. The zero-order chi connectivity index (χ0) is 12.1. The number of hydrogen-bond acceptors (Lipinski definition) is 4. The number of methoxy groups -OCH3 is 1. The number of pyridine rings is 1. The number of ether oxygens (including phenoxy) is 1. The molecule has 0 saturated heterocycles. The average Bonchev–Trinajstić information content (AvgIpc) is 2.39. The molecular formula is C13H14N2OS. The van der Waals surface area contributed by atoms with E-state index in [1.807, 2.05) is 24.3 Å². The lowest BCUT2D eigenvalue weighted by molar-refractivity contribution is 0.414. The first-order chi connectivity index (χ1) is 8.28. The molecule has 0 aliphatic rings. The molecule has 0 bridgehead atoms. The van der Waals surface area contributed by atoms with Crippen LogP contribution in [0.3, 0.4) is 0 Å². The molecule has 0 radical (unpaired) electrons. The number of thioether (sulfide) groups is 1. The van der Waals surface area contributed by atoms with E-state index in [4.69, 9.17) is 10.5 Å². The molecule has 0 spiro atoms. The second-order valence-corrected chi connectivity index (χ2v) is 4.60. The molecule has 4 heteroatoms. The van der Waals surface area contributed by atoms with E-state index in [-0.39, 0.29) is 0 Å². The van der Waals surface area contributed by atoms with E-state index in [2.05, 4.69) is 17.1 Å². The van der Waals surface area contributed by atoms with Crippen molar-refractivity contribution in [3.05, 3.63) is 48.2 Å². The highest BCUT2D eigenvalue weighted by Crippen LogP contribution is 2.23. The van der Waals surface area contributed by atoms with Gasteiger partial charge in [-0.1, -0.05) is 12.1 Å². The van der Waals surface area contributed by atoms with Gasteiger partial charge in [0.15, 0.2) is 0 Å². The molecule has 0 saturated carbocycles. The highest BCUT2D eigenvalue weighted by atomic mass is 32.2. The van der Waals surface area contributed by atoms with Crippen molar-refractivity contribution in [2.75, 3.05) is 12.8 Å². The van der Waals surface area contributed by atoms with Gasteiger partial charge in [-0.05, 0) is 29.8 Å². The summed E-state index contributed by atoms with van der Waals surface area (Å²) in [6.45, 7) is 0. The average molecular weight is 246 g/mol. The van der Waals surface area contributed by atoms with Crippen LogP contribution in [-0.2, 0) is 5.75 Å². The molecule has 3 nitrogen and oxygen atoms in total. The van der Waals surface area contributed by atoms with Crippen molar-refractivity contribution < 1.29 is 4.74 Å². The molecule has 0 aliphatic heterocycles. The van der Waals surface area contributed by atoms with E-state index in [1.165, 1.54) is 5.56 Å². The first-order valence-electron chi connectivity index (χ1n) is 5.25. The van der Waals surface area contributed by atoms with Crippen molar-refractivity contribution in [2.45, 2.75) is 10.6 Å². The maximum absolute atomic E-state index is 5.53. The van der Waals surface area contributed by atoms with E-state index in [0.29, 0.717) is 5.82 Å². The Kier molecular flexibility index (Phi) is 3.88. The lowest BCUT2D eigenvalue weighted by Gasteiger charge is -2.03. The van der Waals surface area contributed by atoms with Crippen LogP contribution in [-0.4, -0.2) is 12.1 Å². The molecule has 0 unspecified atom stereocenters. The van der Waals surface area contributed by atoms with Gasteiger partial charge < -0.3 is 10.5 Å². The molecule has 2 rings (SSSR count). The first-order valence-corrected chi connectivity index (χ1v) is 6.24. The van der Waals surface area contributed by atoms with Crippen LogP contribution in [0.15, 0.2) is 47.5 Å². The Morgan fingerprint density at radius 3 is 2.53 bits per heavy atom. The maximum Gasteiger partial charge on any atom is 0.123 e. The minimum absolute atomic E-state index is 0.554. The lowest BCUT2D eigenvalue weighted by atomic mass is 10.2. The predicted octanol–water partition coefficient (Wildman–Crippen LogP) is 2.96. The van der Waals surface area contributed by atoms with E-state index in [0.717, 1.165) is 16.4 Å². The lowest BCUT2D eigenvalue weighted by Crippen LogP contribution is -1.88. The highest BCUT2D eigenvalue weighted by Gasteiger charge is 1.98. The molecule has 1 aromatic heterocycles. The van der Waals surface area contributed by atoms with Gasteiger partial charge in [-0.2, -0.15) is 0 Å². The summed E-state index contributed by atoms with van der Waals surface area (Å²) in [7, 11) is 1.67. The zero-order valence-corrected chi connectivity index (χ0v) is 10.4. The molecule has 0 fully saturated rings. The Balaban J connectivity index is 1.95. The van der Waals surface area contributed by atoms with Gasteiger partial charge in [0, 0.05) is 16.8 Å². The first kappa shape index (κ1) is 11.8. The minimum Gasteiger partial charge on any atom is -0.497 e. The van der Waals surface area contributed by atoms with Gasteiger partial charge in [0.25, 0.3) is 0 Å². The summed E-state index contributed by atoms with van der Waals surface area (Å²) < 4.78 is 5.11. The summed E-state index contributed by atoms with van der Waals surface area (Å²) in [4.78, 5) is 5.18. The third kappa shape index (κ3) is 3.39. The van der Waals surface area contributed by atoms with Gasteiger partial charge in [0.1, 0.15) is 11.6 Å². The van der Waals surface area contributed by atoms with E-state index in [9.17, 15) is 0 Å². The Labute approximate surface area is 105 Å². The van der Waals surface area contributed by atoms with Crippen molar-refractivity contribution in [3.8, 4) is 5.75 Å².